The first-order chi connectivity index (χ1) is 9.22. The molecule has 0 aromatic rings. The molecule has 1 saturated heterocycles. The van der Waals surface area contributed by atoms with Crippen LogP contribution in [0.1, 0.15) is 27.7 Å². The summed E-state index contributed by atoms with van der Waals surface area (Å²) < 4.78 is 20.1. The zero-order valence-electron chi connectivity index (χ0n) is 11.7. The lowest BCUT2D eigenvalue weighted by molar-refractivity contribution is -0.288. The Labute approximate surface area is 115 Å². The van der Waals surface area contributed by atoms with Crippen LogP contribution in [-0.4, -0.2) is 53.7 Å². The quantitative estimate of drug-likeness (QED) is 0.548. The molecule has 0 amide bonds. The fraction of sp³-hybridized carbons (Fsp3) is 0.750. The van der Waals surface area contributed by atoms with Crippen molar-refractivity contribution >= 4 is 17.9 Å². The van der Waals surface area contributed by atoms with Gasteiger partial charge in [-0.3, -0.25) is 14.4 Å². The number of rotatable bonds is 3. The topological polar surface area (TPSA) is 108 Å². The highest BCUT2D eigenvalue weighted by atomic mass is 16.7. The molecule has 0 aromatic carbocycles. The van der Waals surface area contributed by atoms with Gasteiger partial charge in [-0.25, -0.2) is 0 Å². The Morgan fingerprint density at radius 1 is 0.850 bits per heavy atom. The average molecular weight is 290 g/mol. The van der Waals surface area contributed by atoms with Crippen LogP contribution in [0.2, 0.25) is 0 Å². The van der Waals surface area contributed by atoms with Gasteiger partial charge in [0.1, 0.15) is 0 Å². The van der Waals surface area contributed by atoms with Gasteiger partial charge in [-0.05, 0) is 6.92 Å². The molecule has 0 aromatic heterocycles. The van der Waals surface area contributed by atoms with Crippen LogP contribution in [-0.2, 0) is 33.3 Å². The van der Waals surface area contributed by atoms with Gasteiger partial charge in [0.05, 0.1) is 6.10 Å². The second-order valence-electron chi connectivity index (χ2n) is 4.45. The summed E-state index contributed by atoms with van der Waals surface area (Å²) in [5.41, 5.74) is 0. The minimum atomic E-state index is -1.48. The second kappa shape index (κ2) is 6.67. The van der Waals surface area contributed by atoms with E-state index in [1.807, 2.05) is 0 Å². The number of hydrogen-bond donors (Lipinski definition) is 1. The SMILES string of the molecule is CC(=O)O[C@H]1[C@@H](OC(C)=O)C(C)OC(O)[C@@H]1OC(C)=O. The minimum absolute atomic E-state index is 0.611. The summed E-state index contributed by atoms with van der Waals surface area (Å²) in [5.74, 6) is -1.96. The summed E-state index contributed by atoms with van der Waals surface area (Å²) in [7, 11) is 0. The van der Waals surface area contributed by atoms with Crippen molar-refractivity contribution in [2.24, 2.45) is 0 Å². The molecular weight excluding hydrogens is 272 g/mol. The molecule has 0 spiro atoms. The van der Waals surface area contributed by atoms with Crippen LogP contribution in [0.15, 0.2) is 0 Å². The lowest BCUT2D eigenvalue weighted by Crippen LogP contribution is -2.60. The molecule has 2 unspecified atom stereocenters. The van der Waals surface area contributed by atoms with Gasteiger partial charge in [-0.2, -0.15) is 0 Å². The highest BCUT2D eigenvalue weighted by Crippen LogP contribution is 2.27. The van der Waals surface area contributed by atoms with E-state index in [9.17, 15) is 19.5 Å². The maximum atomic E-state index is 11.2. The highest BCUT2D eigenvalue weighted by Gasteiger charge is 2.49. The summed E-state index contributed by atoms with van der Waals surface area (Å²) in [5, 5.41) is 9.79. The van der Waals surface area contributed by atoms with Gasteiger partial charge in [0.25, 0.3) is 0 Å². The van der Waals surface area contributed by atoms with Crippen LogP contribution >= 0.6 is 0 Å². The third-order valence-electron chi connectivity index (χ3n) is 2.65. The number of ether oxygens (including phenoxy) is 4. The van der Waals surface area contributed by atoms with Crippen LogP contribution in [0.4, 0.5) is 0 Å². The molecule has 8 nitrogen and oxygen atoms in total. The first kappa shape index (κ1) is 16.4. The molecule has 0 aliphatic carbocycles. The predicted octanol–water partition coefficient (Wildman–Crippen LogP) is -0.481. The normalized spacial score (nSPS) is 33.1. The summed E-state index contributed by atoms with van der Waals surface area (Å²) in [4.78, 5) is 33.3. The highest BCUT2D eigenvalue weighted by molar-refractivity contribution is 5.68. The van der Waals surface area contributed by atoms with Gasteiger partial charge < -0.3 is 24.1 Å². The van der Waals surface area contributed by atoms with Crippen LogP contribution in [0.25, 0.3) is 0 Å². The Balaban J connectivity index is 3.01. The first-order valence-corrected chi connectivity index (χ1v) is 6.07. The molecule has 1 N–H and O–H groups in total. The molecule has 0 radical (unpaired) electrons. The molecule has 114 valence electrons. The van der Waals surface area contributed by atoms with Crippen molar-refractivity contribution in [2.75, 3.05) is 0 Å². The minimum Gasteiger partial charge on any atom is -0.456 e. The standard InChI is InChI=1S/C12H18O8/c1-5-9(18-6(2)13)10(19-7(3)14)11(12(16)17-5)20-8(4)15/h5,9-12,16H,1-4H3/t5?,9-,10-,11+,12?/m0/s1. The maximum absolute atomic E-state index is 11.2. The molecule has 1 aliphatic heterocycles. The molecule has 1 fully saturated rings. The van der Waals surface area contributed by atoms with Gasteiger partial charge in [-0.1, -0.05) is 0 Å². The Morgan fingerprint density at radius 3 is 1.70 bits per heavy atom. The van der Waals surface area contributed by atoms with Gasteiger partial charge >= 0.3 is 17.9 Å². The number of aliphatic hydroxyl groups excluding tert-OH is 1. The number of esters is 3. The van der Waals surface area contributed by atoms with Crippen LogP contribution in [0.5, 0.6) is 0 Å². The van der Waals surface area contributed by atoms with E-state index >= 15 is 0 Å². The van der Waals surface area contributed by atoms with Crippen molar-refractivity contribution in [1.82, 2.24) is 0 Å². The van der Waals surface area contributed by atoms with Gasteiger partial charge in [0.15, 0.2) is 24.6 Å². The van der Waals surface area contributed by atoms with Gasteiger partial charge in [-0.15, -0.1) is 0 Å². The van der Waals surface area contributed by atoms with Crippen LogP contribution < -0.4 is 0 Å². The summed E-state index contributed by atoms with van der Waals surface area (Å²) in [6.45, 7) is 5.01. The van der Waals surface area contributed by atoms with Crippen molar-refractivity contribution in [3.8, 4) is 0 Å². The fourth-order valence-electron chi connectivity index (χ4n) is 1.99. The van der Waals surface area contributed by atoms with Crippen molar-refractivity contribution in [2.45, 2.75) is 58.4 Å². The maximum Gasteiger partial charge on any atom is 0.303 e. The van der Waals surface area contributed by atoms with E-state index in [1.54, 1.807) is 0 Å². The molecule has 1 aliphatic rings. The zero-order valence-corrected chi connectivity index (χ0v) is 11.7. The summed E-state index contributed by atoms with van der Waals surface area (Å²) >= 11 is 0. The van der Waals surface area contributed by atoms with E-state index in [0.29, 0.717) is 0 Å². The summed E-state index contributed by atoms with van der Waals surface area (Å²) in [6, 6.07) is 0. The monoisotopic (exact) mass is 290 g/mol. The van der Waals surface area contributed by atoms with E-state index in [1.165, 1.54) is 13.8 Å². The average Bonchev–Trinajstić information content (AvgIpc) is 2.27. The van der Waals surface area contributed by atoms with E-state index in [-0.39, 0.29) is 0 Å². The lowest BCUT2D eigenvalue weighted by atomic mass is 9.99. The number of carbonyl (C=O) groups is 3. The Kier molecular flexibility index (Phi) is 5.46. The predicted molar refractivity (Wildman–Crippen MR) is 63.2 cm³/mol. The number of hydrogen-bond acceptors (Lipinski definition) is 8. The molecule has 0 saturated carbocycles. The Hall–Kier alpha value is -1.67. The van der Waals surface area contributed by atoms with Crippen molar-refractivity contribution in [3.05, 3.63) is 0 Å². The molecule has 1 rings (SSSR count). The number of aliphatic hydroxyl groups is 1. The van der Waals surface area contributed by atoms with Crippen LogP contribution in [0, 0.1) is 0 Å². The molecule has 20 heavy (non-hydrogen) atoms. The van der Waals surface area contributed by atoms with Crippen LogP contribution in [0.3, 0.4) is 0 Å². The Morgan fingerprint density at radius 2 is 1.25 bits per heavy atom. The van der Waals surface area contributed by atoms with E-state index in [0.717, 1.165) is 13.8 Å². The third kappa shape index (κ3) is 4.17. The van der Waals surface area contributed by atoms with E-state index in [4.69, 9.17) is 18.9 Å². The lowest BCUT2D eigenvalue weighted by Gasteiger charge is -2.41. The smallest absolute Gasteiger partial charge is 0.303 e. The zero-order chi connectivity index (χ0) is 15.4. The fourth-order valence-corrected chi connectivity index (χ4v) is 1.99. The first-order valence-electron chi connectivity index (χ1n) is 6.07. The van der Waals surface area contributed by atoms with Gasteiger partial charge in [0, 0.05) is 20.8 Å². The molecule has 1 heterocycles. The Bertz CT molecular complexity index is 365. The van der Waals surface area contributed by atoms with Crippen molar-refractivity contribution in [3.63, 3.8) is 0 Å². The largest absolute Gasteiger partial charge is 0.456 e. The van der Waals surface area contributed by atoms with E-state index in [2.05, 4.69) is 0 Å². The number of carbonyl (C=O) groups excluding carboxylic acids is 3. The van der Waals surface area contributed by atoms with Crippen molar-refractivity contribution < 1.29 is 38.4 Å². The molecule has 8 heteroatoms. The van der Waals surface area contributed by atoms with Gasteiger partial charge in [0.2, 0.25) is 0 Å². The van der Waals surface area contributed by atoms with E-state index < -0.39 is 48.6 Å². The summed E-state index contributed by atoms with van der Waals surface area (Å²) in [6.07, 6.45) is -5.60. The molecular formula is C12H18O8. The second-order valence-corrected chi connectivity index (χ2v) is 4.45. The third-order valence-corrected chi connectivity index (χ3v) is 2.65. The van der Waals surface area contributed by atoms with Crippen molar-refractivity contribution in [1.29, 1.82) is 0 Å². The molecule has 0 bridgehead atoms. The molecule has 5 atom stereocenters.